The summed E-state index contributed by atoms with van der Waals surface area (Å²) in [7, 11) is 0. The Bertz CT molecular complexity index is 588. The first-order chi connectivity index (χ1) is 12.8. The van der Waals surface area contributed by atoms with Crippen molar-refractivity contribution < 1.29 is 27.5 Å². The van der Waals surface area contributed by atoms with Crippen LogP contribution in [0.2, 0.25) is 0 Å². The van der Waals surface area contributed by atoms with Crippen LogP contribution in [0.15, 0.2) is 24.3 Å². The van der Waals surface area contributed by atoms with Gasteiger partial charge in [0.25, 0.3) is 5.91 Å². The lowest BCUT2D eigenvalue weighted by atomic mass is 9.99. The number of hydrogen-bond donors (Lipinski definition) is 1. The molecule has 0 heterocycles. The van der Waals surface area contributed by atoms with Crippen LogP contribution in [-0.2, 0) is 16.0 Å². The predicted molar refractivity (Wildman–Crippen MR) is 97.2 cm³/mol. The third kappa shape index (κ3) is 11.3. The van der Waals surface area contributed by atoms with Gasteiger partial charge in [0, 0.05) is 18.9 Å². The number of amides is 1. The number of unbranched alkanes of at least 4 members (excludes halogenated alkanes) is 6. The zero-order chi connectivity index (χ0) is 20.1. The second-order valence-electron chi connectivity index (χ2n) is 6.53. The molecule has 1 N–H and O–H groups in total. The van der Waals surface area contributed by atoms with Crippen molar-refractivity contribution in [3.63, 3.8) is 0 Å². The van der Waals surface area contributed by atoms with Crippen LogP contribution < -0.4 is 5.32 Å². The molecular weight excluding hydrogens is 359 g/mol. The molecule has 7 heteroatoms. The van der Waals surface area contributed by atoms with Gasteiger partial charge < -0.3 is 10.1 Å². The van der Waals surface area contributed by atoms with Gasteiger partial charge in [-0.3, -0.25) is 9.59 Å². The number of aryl methyl sites for hydroxylation is 1. The highest BCUT2D eigenvalue weighted by molar-refractivity contribution is 5.95. The van der Waals surface area contributed by atoms with Gasteiger partial charge in [0.05, 0.1) is 0 Å². The summed E-state index contributed by atoms with van der Waals surface area (Å²) in [6, 6.07) is 7.29. The zero-order valence-electron chi connectivity index (χ0n) is 15.7. The van der Waals surface area contributed by atoms with E-state index in [1.807, 2.05) is 12.1 Å². The number of hydrogen-bond acceptors (Lipinski definition) is 3. The average molecular weight is 387 g/mol. The van der Waals surface area contributed by atoms with Crippen molar-refractivity contribution in [3.05, 3.63) is 35.4 Å². The fourth-order valence-corrected chi connectivity index (χ4v) is 2.78. The smallest absolute Gasteiger partial charge is 0.389 e. The van der Waals surface area contributed by atoms with Gasteiger partial charge in [-0.15, -0.1) is 0 Å². The average Bonchev–Trinajstić information content (AvgIpc) is 2.59. The van der Waals surface area contributed by atoms with Crippen molar-refractivity contribution in [2.75, 3.05) is 6.73 Å². The van der Waals surface area contributed by atoms with Crippen LogP contribution in [0.3, 0.4) is 0 Å². The predicted octanol–water partition coefficient (Wildman–Crippen LogP) is 5.16. The van der Waals surface area contributed by atoms with E-state index in [2.05, 4.69) is 5.32 Å². The number of alkyl halides is 3. The maximum Gasteiger partial charge on any atom is 0.389 e. The number of rotatable bonds is 12. The van der Waals surface area contributed by atoms with Gasteiger partial charge in [-0.25, -0.2) is 0 Å². The Morgan fingerprint density at radius 3 is 2.19 bits per heavy atom. The molecule has 4 nitrogen and oxygen atoms in total. The molecule has 0 bridgehead atoms. The molecule has 0 aliphatic rings. The molecule has 1 aromatic rings. The van der Waals surface area contributed by atoms with E-state index in [9.17, 15) is 22.8 Å². The van der Waals surface area contributed by atoms with Crippen molar-refractivity contribution in [1.29, 1.82) is 0 Å². The summed E-state index contributed by atoms with van der Waals surface area (Å²) in [5.74, 6) is -0.737. The summed E-state index contributed by atoms with van der Waals surface area (Å²) < 4.78 is 40.8. The highest BCUT2D eigenvalue weighted by atomic mass is 19.4. The number of benzene rings is 1. The van der Waals surface area contributed by atoms with Gasteiger partial charge in [0.1, 0.15) is 0 Å². The summed E-state index contributed by atoms with van der Waals surface area (Å²) in [5.41, 5.74) is 1.50. The fraction of sp³-hybridized carbons (Fsp3) is 0.600. The lowest BCUT2D eigenvalue weighted by Gasteiger charge is -2.10. The van der Waals surface area contributed by atoms with Gasteiger partial charge in [-0.2, -0.15) is 13.2 Å². The van der Waals surface area contributed by atoms with Gasteiger partial charge in [0.2, 0.25) is 0 Å². The van der Waals surface area contributed by atoms with Crippen LogP contribution in [0.1, 0.15) is 74.2 Å². The van der Waals surface area contributed by atoms with Gasteiger partial charge in [-0.05, 0) is 30.9 Å². The summed E-state index contributed by atoms with van der Waals surface area (Å²) in [6.07, 6.45) is 1.47. The number of nitrogens with one attached hydrogen (secondary N) is 1. The van der Waals surface area contributed by atoms with Gasteiger partial charge in [0.15, 0.2) is 6.73 Å². The Hall–Kier alpha value is -2.05. The van der Waals surface area contributed by atoms with Crippen molar-refractivity contribution in [2.45, 2.75) is 70.9 Å². The van der Waals surface area contributed by atoms with Crippen LogP contribution in [0, 0.1) is 0 Å². The molecule has 0 aliphatic carbocycles. The Balaban J connectivity index is 2.23. The number of carbonyl (C=O) groups excluding carboxylic acids is 2. The molecule has 0 saturated heterocycles. The maximum atomic E-state index is 12.2. The maximum absolute atomic E-state index is 12.2. The molecule has 0 unspecified atom stereocenters. The van der Waals surface area contributed by atoms with E-state index in [-0.39, 0.29) is 19.1 Å². The molecular formula is C20H28F3NO3. The van der Waals surface area contributed by atoms with Crippen LogP contribution >= 0.6 is 0 Å². The van der Waals surface area contributed by atoms with E-state index >= 15 is 0 Å². The molecule has 152 valence electrons. The second kappa shape index (κ2) is 12.4. The largest absolute Gasteiger partial charge is 0.445 e. The minimum absolute atomic E-state index is 0.156. The lowest BCUT2D eigenvalue weighted by Crippen LogP contribution is -2.28. The molecule has 0 atom stereocenters. The fourth-order valence-electron chi connectivity index (χ4n) is 2.78. The molecule has 27 heavy (non-hydrogen) atoms. The van der Waals surface area contributed by atoms with Gasteiger partial charge >= 0.3 is 12.1 Å². The molecule has 0 fully saturated rings. The quantitative estimate of drug-likeness (QED) is 0.306. The number of carbonyl (C=O) groups is 2. The van der Waals surface area contributed by atoms with E-state index in [1.54, 1.807) is 12.1 Å². The Kier molecular flexibility index (Phi) is 10.5. The highest BCUT2D eigenvalue weighted by Crippen LogP contribution is 2.23. The van der Waals surface area contributed by atoms with E-state index in [0.29, 0.717) is 12.0 Å². The van der Waals surface area contributed by atoms with Crippen LogP contribution in [0.4, 0.5) is 13.2 Å². The second-order valence-corrected chi connectivity index (χ2v) is 6.53. The third-order valence-corrected chi connectivity index (χ3v) is 4.18. The summed E-state index contributed by atoms with van der Waals surface area (Å²) >= 11 is 0. The first-order valence-corrected chi connectivity index (χ1v) is 9.36. The van der Waals surface area contributed by atoms with Crippen molar-refractivity contribution >= 4 is 11.9 Å². The van der Waals surface area contributed by atoms with Crippen molar-refractivity contribution in [3.8, 4) is 0 Å². The Morgan fingerprint density at radius 2 is 1.56 bits per heavy atom. The summed E-state index contributed by atoms with van der Waals surface area (Å²) in [6.45, 7) is 1.12. The summed E-state index contributed by atoms with van der Waals surface area (Å²) in [5, 5.41) is 2.55. The van der Waals surface area contributed by atoms with Crippen LogP contribution in [0.5, 0.6) is 0 Å². The van der Waals surface area contributed by atoms with Crippen LogP contribution in [0.25, 0.3) is 0 Å². The Morgan fingerprint density at radius 1 is 0.963 bits per heavy atom. The zero-order valence-corrected chi connectivity index (χ0v) is 15.7. The summed E-state index contributed by atoms with van der Waals surface area (Å²) in [4.78, 5) is 22.9. The topological polar surface area (TPSA) is 55.4 Å². The monoisotopic (exact) mass is 387 g/mol. The molecule has 0 radical (unpaired) electrons. The number of esters is 1. The van der Waals surface area contributed by atoms with E-state index < -0.39 is 18.6 Å². The molecule has 1 rings (SSSR count). The van der Waals surface area contributed by atoms with Gasteiger partial charge in [-0.1, -0.05) is 50.3 Å². The first kappa shape index (κ1) is 23.0. The third-order valence-electron chi connectivity index (χ3n) is 4.18. The lowest BCUT2D eigenvalue weighted by molar-refractivity contribution is -0.141. The van der Waals surface area contributed by atoms with Crippen molar-refractivity contribution in [2.24, 2.45) is 0 Å². The van der Waals surface area contributed by atoms with E-state index in [1.165, 1.54) is 6.92 Å². The molecule has 0 saturated carbocycles. The molecule has 1 aromatic carbocycles. The van der Waals surface area contributed by atoms with E-state index in [4.69, 9.17) is 4.74 Å². The highest BCUT2D eigenvalue weighted by Gasteiger charge is 2.25. The van der Waals surface area contributed by atoms with Crippen molar-refractivity contribution in [1.82, 2.24) is 5.32 Å². The van der Waals surface area contributed by atoms with Crippen LogP contribution in [-0.4, -0.2) is 24.8 Å². The molecule has 0 aliphatic heterocycles. The molecule has 0 spiro atoms. The number of halogens is 3. The normalized spacial score (nSPS) is 11.3. The first-order valence-electron chi connectivity index (χ1n) is 9.36. The van der Waals surface area contributed by atoms with E-state index in [0.717, 1.165) is 44.1 Å². The minimum Gasteiger partial charge on any atom is -0.445 e. The molecule has 0 aromatic heterocycles. The molecule has 1 amide bonds. The number of ether oxygens (including phenoxy) is 1. The Labute approximate surface area is 158 Å². The standard InChI is InChI=1S/C20H28F3NO3/c1-16(25)27-15-24-19(26)18-13-9-8-12-17(18)11-7-5-3-2-4-6-10-14-20(21,22)23/h8-9,12-13H,2-7,10-11,14-15H2,1H3,(H,24,26). The SMILES string of the molecule is CC(=O)OCNC(=O)c1ccccc1CCCCCCCCCC(F)(F)F. The minimum atomic E-state index is -4.04.